The van der Waals surface area contributed by atoms with Crippen LogP contribution >= 0.6 is 0 Å². The van der Waals surface area contributed by atoms with Crippen molar-refractivity contribution in [2.75, 3.05) is 7.11 Å². The van der Waals surface area contributed by atoms with Crippen LogP contribution in [0.4, 0.5) is 0 Å². The lowest BCUT2D eigenvalue weighted by molar-refractivity contribution is 0.182. The maximum absolute atomic E-state index is 5.80. The first-order chi connectivity index (χ1) is 8.02. The first-order valence-electron chi connectivity index (χ1n) is 5.63. The minimum atomic E-state index is -0.0535. The molecule has 0 radical (unpaired) electrons. The van der Waals surface area contributed by atoms with Crippen LogP contribution in [0.1, 0.15) is 26.5 Å². The molecule has 2 aromatic rings. The van der Waals surface area contributed by atoms with Crippen LogP contribution in [0.15, 0.2) is 39.9 Å². The second-order valence-corrected chi connectivity index (χ2v) is 5.03. The van der Waals surface area contributed by atoms with Gasteiger partial charge >= 0.3 is 0 Å². The third kappa shape index (κ3) is 2.33. The fourth-order valence-electron chi connectivity index (χ4n) is 1.67. The van der Waals surface area contributed by atoms with E-state index in [-0.39, 0.29) is 5.41 Å². The molecule has 0 spiro atoms. The third-order valence-electron chi connectivity index (χ3n) is 2.60. The highest BCUT2D eigenvalue weighted by atomic mass is 16.6. The second kappa shape index (κ2) is 4.24. The molecule has 3 nitrogen and oxygen atoms in total. The van der Waals surface area contributed by atoms with Gasteiger partial charge in [-0.1, -0.05) is 39.0 Å². The van der Waals surface area contributed by atoms with Gasteiger partial charge in [0.2, 0.25) is 0 Å². The average Bonchev–Trinajstić information content (AvgIpc) is 2.28. The summed E-state index contributed by atoms with van der Waals surface area (Å²) < 4.78 is 5.80. The van der Waals surface area contributed by atoms with Gasteiger partial charge in [-0.15, -0.1) is 0 Å². The molecule has 0 atom stereocenters. The minimum Gasteiger partial charge on any atom is -0.440 e. The molecule has 17 heavy (non-hydrogen) atoms. The average molecular weight is 231 g/mol. The van der Waals surface area contributed by atoms with Crippen molar-refractivity contribution in [3.8, 4) is 0 Å². The Hall–Kier alpha value is -1.77. The zero-order valence-electron chi connectivity index (χ0n) is 10.7. The molecular weight excluding hydrogens is 214 g/mol. The molecule has 0 aliphatic carbocycles. The van der Waals surface area contributed by atoms with Crippen LogP contribution < -0.4 is 5.55 Å². The summed E-state index contributed by atoms with van der Waals surface area (Å²) in [5.74, 6) is 0.895. The standard InChI is InChI=1S/C14H17NO2/c1-14(2,3)12-9-10-7-5-6-8-11(10)13(17-12)15-16-4/h5-9H,1-4H3/b15-13+. The van der Waals surface area contributed by atoms with Gasteiger partial charge in [0.05, 0.1) is 0 Å². The predicted octanol–water partition coefficient (Wildman–Crippen LogP) is 3.19. The van der Waals surface area contributed by atoms with Gasteiger partial charge in [-0.05, 0) is 22.7 Å². The maximum Gasteiger partial charge on any atom is 0.263 e. The largest absolute Gasteiger partial charge is 0.440 e. The normalized spacial score (nSPS) is 13.1. The summed E-state index contributed by atoms with van der Waals surface area (Å²) in [7, 11) is 1.52. The van der Waals surface area contributed by atoms with E-state index in [4.69, 9.17) is 9.25 Å². The molecule has 1 aromatic heterocycles. The van der Waals surface area contributed by atoms with Gasteiger partial charge in [0, 0.05) is 10.8 Å². The molecule has 0 bridgehead atoms. The van der Waals surface area contributed by atoms with E-state index in [1.54, 1.807) is 0 Å². The van der Waals surface area contributed by atoms with Crippen molar-refractivity contribution in [3.05, 3.63) is 41.6 Å². The van der Waals surface area contributed by atoms with Gasteiger partial charge < -0.3 is 9.25 Å². The Bertz CT molecular complexity index is 591. The van der Waals surface area contributed by atoms with Gasteiger partial charge in [0.1, 0.15) is 12.9 Å². The van der Waals surface area contributed by atoms with Gasteiger partial charge in [-0.3, -0.25) is 0 Å². The van der Waals surface area contributed by atoms with E-state index < -0.39 is 0 Å². The summed E-state index contributed by atoms with van der Waals surface area (Å²) in [5, 5.41) is 6.01. The lowest BCUT2D eigenvalue weighted by Gasteiger charge is -2.17. The minimum absolute atomic E-state index is 0.0535. The van der Waals surface area contributed by atoms with E-state index in [1.165, 1.54) is 7.11 Å². The quantitative estimate of drug-likeness (QED) is 0.706. The van der Waals surface area contributed by atoms with Gasteiger partial charge in [-0.2, -0.15) is 0 Å². The van der Waals surface area contributed by atoms with Crippen molar-refractivity contribution in [3.63, 3.8) is 0 Å². The molecule has 0 saturated heterocycles. The highest BCUT2D eigenvalue weighted by Gasteiger charge is 2.18. The molecule has 0 aliphatic rings. The summed E-state index contributed by atoms with van der Waals surface area (Å²) >= 11 is 0. The number of fused-ring (bicyclic) bond motifs is 1. The van der Waals surface area contributed by atoms with Crippen molar-refractivity contribution in [2.45, 2.75) is 26.2 Å². The Morgan fingerprint density at radius 1 is 1.18 bits per heavy atom. The molecule has 1 heterocycles. The Kier molecular flexibility index (Phi) is 2.92. The summed E-state index contributed by atoms with van der Waals surface area (Å²) in [6.07, 6.45) is 0. The summed E-state index contributed by atoms with van der Waals surface area (Å²) in [6.45, 7) is 6.32. The van der Waals surface area contributed by atoms with Crippen molar-refractivity contribution < 1.29 is 9.25 Å². The monoisotopic (exact) mass is 231 g/mol. The van der Waals surface area contributed by atoms with Crippen LogP contribution in [0.3, 0.4) is 0 Å². The Balaban J connectivity index is 2.81. The summed E-state index contributed by atoms with van der Waals surface area (Å²) in [4.78, 5) is 4.83. The van der Waals surface area contributed by atoms with Crippen LogP contribution in [0.5, 0.6) is 0 Å². The Morgan fingerprint density at radius 3 is 2.53 bits per heavy atom. The SMILES string of the molecule is CO/N=c1/oc(C(C)(C)C)cc2ccccc12. The van der Waals surface area contributed by atoms with Gasteiger partial charge in [-0.25, -0.2) is 0 Å². The fraction of sp³-hybridized carbons (Fsp3) is 0.357. The summed E-state index contributed by atoms with van der Waals surface area (Å²) in [6, 6.07) is 10.1. The molecule has 90 valence electrons. The summed E-state index contributed by atoms with van der Waals surface area (Å²) in [5.41, 5.74) is 0.470. The first-order valence-corrected chi connectivity index (χ1v) is 5.63. The number of benzene rings is 1. The van der Waals surface area contributed by atoms with E-state index in [9.17, 15) is 0 Å². The van der Waals surface area contributed by atoms with Gasteiger partial charge in [0.25, 0.3) is 5.55 Å². The lowest BCUT2D eigenvalue weighted by Crippen LogP contribution is -2.15. The Morgan fingerprint density at radius 2 is 1.88 bits per heavy atom. The van der Waals surface area contributed by atoms with Crippen LogP contribution in [0.25, 0.3) is 10.8 Å². The smallest absolute Gasteiger partial charge is 0.263 e. The van der Waals surface area contributed by atoms with Crippen molar-refractivity contribution in [1.82, 2.24) is 0 Å². The predicted molar refractivity (Wildman–Crippen MR) is 67.5 cm³/mol. The van der Waals surface area contributed by atoms with Crippen LogP contribution in [-0.4, -0.2) is 7.11 Å². The van der Waals surface area contributed by atoms with E-state index >= 15 is 0 Å². The molecule has 3 heteroatoms. The molecule has 0 aliphatic heterocycles. The van der Waals surface area contributed by atoms with Crippen LogP contribution in [0.2, 0.25) is 0 Å². The van der Waals surface area contributed by atoms with Crippen LogP contribution in [0, 0.1) is 0 Å². The van der Waals surface area contributed by atoms with E-state index in [0.717, 1.165) is 16.5 Å². The molecule has 0 saturated carbocycles. The molecule has 0 amide bonds. The topological polar surface area (TPSA) is 34.7 Å². The number of nitrogens with zero attached hydrogens (tertiary/aromatic N) is 1. The van der Waals surface area contributed by atoms with Crippen molar-refractivity contribution in [1.29, 1.82) is 0 Å². The molecule has 1 aromatic carbocycles. The fourth-order valence-corrected chi connectivity index (χ4v) is 1.67. The Labute approximate surface area is 101 Å². The molecule has 0 unspecified atom stereocenters. The molecule has 0 fully saturated rings. The first kappa shape index (κ1) is 11.7. The lowest BCUT2D eigenvalue weighted by atomic mass is 9.92. The highest BCUT2D eigenvalue weighted by molar-refractivity contribution is 5.81. The number of rotatable bonds is 1. The number of hydrogen-bond acceptors (Lipinski definition) is 3. The van der Waals surface area contributed by atoms with E-state index in [2.05, 4.69) is 38.1 Å². The number of hydrogen-bond donors (Lipinski definition) is 0. The molecule has 2 rings (SSSR count). The van der Waals surface area contributed by atoms with Crippen molar-refractivity contribution >= 4 is 10.8 Å². The maximum atomic E-state index is 5.80. The van der Waals surface area contributed by atoms with E-state index in [0.29, 0.717) is 5.55 Å². The van der Waals surface area contributed by atoms with Crippen molar-refractivity contribution in [2.24, 2.45) is 5.16 Å². The van der Waals surface area contributed by atoms with Crippen LogP contribution in [-0.2, 0) is 10.3 Å². The zero-order chi connectivity index (χ0) is 12.5. The van der Waals surface area contributed by atoms with Gasteiger partial charge in [0.15, 0.2) is 0 Å². The molecule has 0 N–H and O–H groups in total. The highest BCUT2D eigenvalue weighted by Crippen LogP contribution is 2.23. The van der Waals surface area contributed by atoms with E-state index in [1.807, 2.05) is 18.2 Å². The second-order valence-electron chi connectivity index (χ2n) is 5.03. The third-order valence-corrected chi connectivity index (χ3v) is 2.60. The zero-order valence-corrected chi connectivity index (χ0v) is 10.7. The molecular formula is C14H17NO2.